The summed E-state index contributed by atoms with van der Waals surface area (Å²) in [6.07, 6.45) is 0. The van der Waals surface area contributed by atoms with E-state index in [4.69, 9.17) is 14.2 Å². The van der Waals surface area contributed by atoms with E-state index in [9.17, 15) is 9.59 Å². The lowest BCUT2D eigenvalue weighted by molar-refractivity contribution is 0.0606. The minimum Gasteiger partial charge on any atom is -0.493 e. The van der Waals surface area contributed by atoms with Crippen LogP contribution in [-0.2, 0) is 11.3 Å². The van der Waals surface area contributed by atoms with Crippen molar-refractivity contribution in [1.29, 1.82) is 0 Å². The van der Waals surface area contributed by atoms with Crippen LogP contribution in [0.4, 0.5) is 5.69 Å². The maximum atomic E-state index is 13.0. The van der Waals surface area contributed by atoms with Crippen molar-refractivity contribution in [2.24, 2.45) is 0 Å². The Bertz CT molecular complexity index is 1390. The molecular formula is C28H27NO5S. The summed E-state index contributed by atoms with van der Waals surface area (Å²) in [6.45, 7) is 6.80. The molecule has 0 spiro atoms. The molecule has 0 fully saturated rings. The Kier molecular flexibility index (Phi) is 7.36. The molecule has 0 aliphatic carbocycles. The Morgan fingerprint density at radius 2 is 1.74 bits per heavy atom. The molecule has 1 N–H and O–H groups in total. The monoisotopic (exact) mass is 489 g/mol. The van der Waals surface area contributed by atoms with Crippen LogP contribution in [0.5, 0.6) is 11.5 Å². The Hall–Kier alpha value is -3.84. The number of nitrogens with one attached hydrogen (secondary N) is 1. The van der Waals surface area contributed by atoms with E-state index in [1.165, 1.54) is 24.0 Å². The largest absolute Gasteiger partial charge is 0.493 e. The summed E-state index contributed by atoms with van der Waals surface area (Å²) in [4.78, 5) is 25.4. The first-order valence-corrected chi connectivity index (χ1v) is 12.1. The third-order valence-electron chi connectivity index (χ3n) is 5.66. The van der Waals surface area contributed by atoms with Gasteiger partial charge in [-0.25, -0.2) is 4.79 Å². The molecule has 7 heteroatoms. The minimum atomic E-state index is -0.373. The maximum absolute atomic E-state index is 13.0. The third kappa shape index (κ3) is 5.63. The van der Waals surface area contributed by atoms with Gasteiger partial charge in [0, 0.05) is 21.5 Å². The van der Waals surface area contributed by atoms with Gasteiger partial charge in [0.2, 0.25) is 0 Å². The van der Waals surface area contributed by atoms with Crippen molar-refractivity contribution >= 4 is 39.0 Å². The SMILES string of the molecule is CCOc1ccc(C(=O)Nc2ccc3sc(C(=O)OC)cc3c2)cc1COc1ccc(C)c(C)c1. The molecule has 0 bridgehead atoms. The summed E-state index contributed by atoms with van der Waals surface area (Å²) in [7, 11) is 1.36. The zero-order valence-corrected chi connectivity index (χ0v) is 21.0. The molecule has 35 heavy (non-hydrogen) atoms. The van der Waals surface area contributed by atoms with Crippen LogP contribution in [0, 0.1) is 13.8 Å². The molecule has 6 nitrogen and oxygen atoms in total. The van der Waals surface area contributed by atoms with Gasteiger partial charge in [-0.1, -0.05) is 6.07 Å². The molecule has 0 aliphatic rings. The zero-order chi connectivity index (χ0) is 24.9. The third-order valence-corrected chi connectivity index (χ3v) is 6.75. The molecule has 0 saturated carbocycles. The zero-order valence-electron chi connectivity index (χ0n) is 20.1. The van der Waals surface area contributed by atoms with Crippen LogP contribution < -0.4 is 14.8 Å². The number of amides is 1. The number of aryl methyl sites for hydroxylation is 2. The van der Waals surface area contributed by atoms with Crippen LogP contribution in [-0.4, -0.2) is 25.6 Å². The molecule has 4 aromatic rings. The van der Waals surface area contributed by atoms with Crippen LogP contribution in [0.2, 0.25) is 0 Å². The number of hydrogen-bond donors (Lipinski definition) is 1. The number of anilines is 1. The summed E-state index contributed by atoms with van der Waals surface area (Å²) in [5.74, 6) is 0.827. The van der Waals surface area contributed by atoms with E-state index in [0.717, 1.165) is 27.0 Å². The lowest BCUT2D eigenvalue weighted by atomic mass is 10.1. The van der Waals surface area contributed by atoms with E-state index in [1.807, 2.05) is 50.2 Å². The molecule has 1 heterocycles. The van der Waals surface area contributed by atoms with Crippen molar-refractivity contribution in [2.75, 3.05) is 19.0 Å². The predicted octanol–water partition coefficient (Wildman–Crippen LogP) is 6.53. The molecule has 1 amide bonds. The number of thiophene rings is 1. The van der Waals surface area contributed by atoms with E-state index in [1.54, 1.807) is 24.3 Å². The smallest absolute Gasteiger partial charge is 0.348 e. The van der Waals surface area contributed by atoms with Crippen LogP contribution in [0.25, 0.3) is 10.1 Å². The lowest BCUT2D eigenvalue weighted by Crippen LogP contribution is -2.13. The number of carbonyl (C=O) groups is 2. The first-order chi connectivity index (χ1) is 16.9. The standard InChI is InChI=1S/C28H27NO5S/c1-5-33-24-10-7-19(13-21(24)16-34-23-9-6-17(2)18(3)12-23)27(30)29-22-8-11-25-20(14-22)15-26(35-25)28(31)32-4/h6-15H,5,16H2,1-4H3,(H,29,30). The Morgan fingerprint density at radius 1 is 0.914 bits per heavy atom. The van der Waals surface area contributed by atoms with Gasteiger partial charge in [-0.3, -0.25) is 4.79 Å². The first-order valence-electron chi connectivity index (χ1n) is 11.3. The Balaban J connectivity index is 1.52. The van der Waals surface area contributed by atoms with Gasteiger partial charge in [-0.05, 0) is 91.9 Å². The highest BCUT2D eigenvalue weighted by atomic mass is 32.1. The molecule has 0 radical (unpaired) electrons. The van der Waals surface area contributed by atoms with Gasteiger partial charge in [0.05, 0.1) is 13.7 Å². The van der Waals surface area contributed by atoms with Gasteiger partial charge in [-0.15, -0.1) is 11.3 Å². The summed E-state index contributed by atoms with van der Waals surface area (Å²) in [5, 5.41) is 3.80. The number of ether oxygens (including phenoxy) is 3. The van der Waals surface area contributed by atoms with Crippen molar-refractivity contribution in [2.45, 2.75) is 27.4 Å². The van der Waals surface area contributed by atoms with Crippen LogP contribution in [0.3, 0.4) is 0 Å². The summed E-state index contributed by atoms with van der Waals surface area (Å²) in [6, 6.07) is 18.6. The second-order valence-corrected chi connectivity index (χ2v) is 9.18. The average Bonchev–Trinajstić information content (AvgIpc) is 3.28. The van der Waals surface area contributed by atoms with Gasteiger partial charge in [0.15, 0.2) is 0 Å². The van der Waals surface area contributed by atoms with Crippen molar-refractivity contribution < 1.29 is 23.8 Å². The molecule has 0 saturated heterocycles. The average molecular weight is 490 g/mol. The number of hydrogen-bond acceptors (Lipinski definition) is 6. The number of carbonyl (C=O) groups excluding carboxylic acids is 2. The second kappa shape index (κ2) is 10.6. The molecule has 180 valence electrons. The van der Waals surface area contributed by atoms with Crippen molar-refractivity contribution in [3.8, 4) is 11.5 Å². The second-order valence-electron chi connectivity index (χ2n) is 8.10. The molecule has 1 aromatic heterocycles. The summed E-state index contributed by atoms with van der Waals surface area (Å²) < 4.78 is 17.5. The fourth-order valence-electron chi connectivity index (χ4n) is 3.62. The molecular weight excluding hydrogens is 462 g/mol. The van der Waals surface area contributed by atoms with Crippen molar-refractivity contribution in [3.05, 3.63) is 87.8 Å². The number of esters is 1. The Morgan fingerprint density at radius 3 is 2.49 bits per heavy atom. The fraction of sp³-hybridized carbons (Fsp3) is 0.214. The van der Waals surface area contributed by atoms with Crippen LogP contribution in [0.15, 0.2) is 60.7 Å². The molecule has 3 aromatic carbocycles. The highest BCUT2D eigenvalue weighted by molar-refractivity contribution is 7.20. The van der Waals surface area contributed by atoms with Gasteiger partial charge in [-0.2, -0.15) is 0 Å². The Labute approximate surface area is 208 Å². The van der Waals surface area contributed by atoms with Crippen molar-refractivity contribution in [1.82, 2.24) is 0 Å². The molecule has 4 rings (SSSR count). The van der Waals surface area contributed by atoms with Crippen LogP contribution in [0.1, 0.15) is 43.6 Å². The molecule has 0 atom stereocenters. The van der Waals surface area contributed by atoms with E-state index >= 15 is 0 Å². The highest BCUT2D eigenvalue weighted by Gasteiger charge is 2.14. The van der Waals surface area contributed by atoms with Gasteiger partial charge in [0.25, 0.3) is 5.91 Å². The number of benzene rings is 3. The number of rotatable bonds is 8. The number of fused-ring (bicyclic) bond motifs is 1. The maximum Gasteiger partial charge on any atom is 0.348 e. The van der Waals surface area contributed by atoms with Crippen molar-refractivity contribution in [3.63, 3.8) is 0 Å². The fourth-order valence-corrected chi connectivity index (χ4v) is 4.58. The highest BCUT2D eigenvalue weighted by Crippen LogP contribution is 2.29. The van der Waals surface area contributed by atoms with Gasteiger partial charge >= 0.3 is 5.97 Å². The normalized spacial score (nSPS) is 10.7. The van der Waals surface area contributed by atoms with Crippen LogP contribution >= 0.6 is 11.3 Å². The number of methoxy groups -OCH3 is 1. The quantitative estimate of drug-likeness (QED) is 0.285. The topological polar surface area (TPSA) is 73.9 Å². The van der Waals surface area contributed by atoms with E-state index in [-0.39, 0.29) is 18.5 Å². The lowest BCUT2D eigenvalue weighted by Gasteiger charge is -2.14. The molecule has 0 unspecified atom stereocenters. The van der Waals surface area contributed by atoms with E-state index in [2.05, 4.69) is 12.2 Å². The van der Waals surface area contributed by atoms with E-state index < -0.39 is 0 Å². The van der Waals surface area contributed by atoms with Gasteiger partial charge < -0.3 is 19.5 Å². The minimum absolute atomic E-state index is 0.247. The predicted molar refractivity (Wildman–Crippen MR) is 139 cm³/mol. The molecule has 0 aliphatic heterocycles. The summed E-state index contributed by atoms with van der Waals surface area (Å²) >= 11 is 1.35. The summed E-state index contributed by atoms with van der Waals surface area (Å²) in [5.41, 5.74) is 4.27. The van der Waals surface area contributed by atoms with E-state index in [0.29, 0.717) is 28.5 Å². The van der Waals surface area contributed by atoms with Gasteiger partial charge in [0.1, 0.15) is 23.0 Å². The first kappa shape index (κ1) is 24.3.